The van der Waals surface area contributed by atoms with Crippen LogP contribution in [0, 0.1) is 10.1 Å². The fourth-order valence-corrected chi connectivity index (χ4v) is 2.56. The molecule has 0 saturated heterocycles. The van der Waals surface area contributed by atoms with Gasteiger partial charge in [-0.2, -0.15) is 13.2 Å². The summed E-state index contributed by atoms with van der Waals surface area (Å²) >= 11 is 0. The van der Waals surface area contributed by atoms with Crippen LogP contribution in [0.1, 0.15) is 23.0 Å². The molecule has 1 unspecified atom stereocenters. The van der Waals surface area contributed by atoms with Gasteiger partial charge >= 0.3 is 6.18 Å². The van der Waals surface area contributed by atoms with Crippen LogP contribution in [0.3, 0.4) is 0 Å². The predicted molar refractivity (Wildman–Crippen MR) is 83.2 cm³/mol. The molecule has 1 atom stereocenters. The fraction of sp³-hybridized carbons (Fsp3) is 0.176. The number of ether oxygens (including phenoxy) is 1. The van der Waals surface area contributed by atoms with E-state index in [0.29, 0.717) is 22.3 Å². The standard InChI is InChI=1S/C17H12F3NO4/c1-24-16(10-2-4-12(5-3-10)17(18,19)20)15-9-11-8-13(21(22)23)6-7-14(11)25-15/h2-9,16H,1H3. The molecule has 3 rings (SSSR count). The zero-order chi connectivity index (χ0) is 18.2. The van der Waals surface area contributed by atoms with Crippen molar-refractivity contribution in [2.75, 3.05) is 7.11 Å². The third-order valence-corrected chi connectivity index (χ3v) is 3.76. The summed E-state index contributed by atoms with van der Waals surface area (Å²) in [6.45, 7) is 0. The van der Waals surface area contributed by atoms with E-state index in [1.807, 2.05) is 0 Å². The van der Waals surface area contributed by atoms with Crippen LogP contribution in [0.25, 0.3) is 11.0 Å². The molecule has 0 amide bonds. The van der Waals surface area contributed by atoms with Crippen molar-refractivity contribution in [2.45, 2.75) is 12.3 Å². The number of non-ortho nitro benzene ring substituents is 1. The van der Waals surface area contributed by atoms with Crippen LogP contribution in [-0.4, -0.2) is 12.0 Å². The predicted octanol–water partition coefficient (Wildman–Crippen LogP) is 5.10. The molecule has 25 heavy (non-hydrogen) atoms. The quantitative estimate of drug-likeness (QED) is 0.485. The van der Waals surface area contributed by atoms with Gasteiger partial charge in [-0.25, -0.2) is 0 Å². The number of furan rings is 1. The van der Waals surface area contributed by atoms with Gasteiger partial charge in [-0.15, -0.1) is 0 Å². The first-order valence-corrected chi connectivity index (χ1v) is 7.17. The number of methoxy groups -OCH3 is 1. The molecule has 0 aliphatic rings. The second kappa shape index (κ2) is 6.21. The summed E-state index contributed by atoms with van der Waals surface area (Å²) < 4.78 is 49.0. The molecule has 2 aromatic carbocycles. The summed E-state index contributed by atoms with van der Waals surface area (Å²) in [5.74, 6) is 0.345. The summed E-state index contributed by atoms with van der Waals surface area (Å²) in [5, 5.41) is 11.3. The molecular formula is C17H12F3NO4. The third kappa shape index (κ3) is 3.34. The van der Waals surface area contributed by atoms with Gasteiger partial charge in [0.2, 0.25) is 0 Å². The third-order valence-electron chi connectivity index (χ3n) is 3.76. The maximum atomic E-state index is 12.7. The van der Waals surface area contributed by atoms with Crippen LogP contribution >= 0.6 is 0 Å². The van der Waals surface area contributed by atoms with Crippen molar-refractivity contribution in [2.24, 2.45) is 0 Å². The van der Waals surface area contributed by atoms with Crippen LogP contribution in [-0.2, 0) is 10.9 Å². The molecule has 5 nitrogen and oxygen atoms in total. The minimum Gasteiger partial charge on any atom is -0.458 e. The van der Waals surface area contributed by atoms with E-state index in [9.17, 15) is 23.3 Å². The second-order valence-corrected chi connectivity index (χ2v) is 5.36. The molecule has 0 N–H and O–H groups in total. The van der Waals surface area contributed by atoms with Gasteiger partial charge in [-0.05, 0) is 29.8 Å². The van der Waals surface area contributed by atoms with Gasteiger partial charge in [-0.3, -0.25) is 10.1 Å². The van der Waals surface area contributed by atoms with E-state index >= 15 is 0 Å². The fourth-order valence-electron chi connectivity index (χ4n) is 2.56. The Hall–Kier alpha value is -2.87. The van der Waals surface area contributed by atoms with Crippen molar-refractivity contribution >= 4 is 16.7 Å². The zero-order valence-corrected chi connectivity index (χ0v) is 12.9. The average molecular weight is 351 g/mol. The second-order valence-electron chi connectivity index (χ2n) is 5.36. The van der Waals surface area contributed by atoms with E-state index in [4.69, 9.17) is 9.15 Å². The van der Waals surface area contributed by atoms with Crippen molar-refractivity contribution in [1.29, 1.82) is 0 Å². The van der Waals surface area contributed by atoms with E-state index in [-0.39, 0.29) is 5.69 Å². The van der Waals surface area contributed by atoms with Gasteiger partial charge in [-0.1, -0.05) is 12.1 Å². The van der Waals surface area contributed by atoms with Crippen LogP contribution in [0.2, 0.25) is 0 Å². The van der Waals surface area contributed by atoms with Gasteiger partial charge in [0.25, 0.3) is 5.69 Å². The molecular weight excluding hydrogens is 339 g/mol. The first-order valence-electron chi connectivity index (χ1n) is 7.17. The molecule has 0 spiro atoms. The Labute approximate surface area is 139 Å². The van der Waals surface area contributed by atoms with Crippen molar-refractivity contribution < 1.29 is 27.2 Å². The van der Waals surface area contributed by atoms with Crippen molar-refractivity contribution in [3.63, 3.8) is 0 Å². The molecule has 3 aromatic rings. The molecule has 8 heteroatoms. The molecule has 0 aliphatic carbocycles. The first kappa shape index (κ1) is 17.0. The molecule has 0 fully saturated rings. The Morgan fingerprint density at radius 3 is 2.36 bits per heavy atom. The zero-order valence-electron chi connectivity index (χ0n) is 12.9. The van der Waals surface area contributed by atoms with Crippen molar-refractivity contribution in [3.8, 4) is 0 Å². The van der Waals surface area contributed by atoms with Crippen LogP contribution in [0.4, 0.5) is 18.9 Å². The number of alkyl halides is 3. The highest BCUT2D eigenvalue weighted by molar-refractivity contribution is 5.80. The Morgan fingerprint density at radius 2 is 1.80 bits per heavy atom. The van der Waals surface area contributed by atoms with E-state index in [2.05, 4.69) is 0 Å². The van der Waals surface area contributed by atoms with E-state index in [1.165, 1.54) is 37.4 Å². The number of halogens is 3. The molecule has 0 radical (unpaired) electrons. The molecule has 0 bridgehead atoms. The van der Waals surface area contributed by atoms with Crippen LogP contribution in [0.15, 0.2) is 52.9 Å². The number of nitro benzene ring substituents is 1. The number of rotatable bonds is 4. The van der Waals surface area contributed by atoms with Crippen molar-refractivity contribution in [1.82, 2.24) is 0 Å². The number of hydrogen-bond acceptors (Lipinski definition) is 4. The number of hydrogen-bond donors (Lipinski definition) is 0. The van der Waals surface area contributed by atoms with E-state index in [1.54, 1.807) is 6.07 Å². The van der Waals surface area contributed by atoms with E-state index < -0.39 is 22.8 Å². The highest BCUT2D eigenvalue weighted by Crippen LogP contribution is 2.34. The number of nitro groups is 1. The van der Waals surface area contributed by atoms with Crippen LogP contribution < -0.4 is 0 Å². The summed E-state index contributed by atoms with van der Waals surface area (Å²) in [6, 6.07) is 10.3. The lowest BCUT2D eigenvalue weighted by Crippen LogP contribution is -2.06. The molecule has 1 heterocycles. The van der Waals surface area contributed by atoms with Gasteiger partial charge in [0, 0.05) is 24.6 Å². The van der Waals surface area contributed by atoms with Gasteiger partial charge in [0.15, 0.2) is 0 Å². The smallest absolute Gasteiger partial charge is 0.416 e. The monoisotopic (exact) mass is 351 g/mol. The Kier molecular flexibility index (Phi) is 4.22. The Balaban J connectivity index is 1.97. The first-order chi connectivity index (χ1) is 11.8. The summed E-state index contributed by atoms with van der Waals surface area (Å²) in [4.78, 5) is 10.3. The van der Waals surface area contributed by atoms with Gasteiger partial charge < -0.3 is 9.15 Å². The van der Waals surface area contributed by atoms with Gasteiger partial charge in [0.05, 0.1) is 10.5 Å². The highest BCUT2D eigenvalue weighted by Gasteiger charge is 2.30. The maximum Gasteiger partial charge on any atom is 0.416 e. The van der Waals surface area contributed by atoms with E-state index in [0.717, 1.165) is 12.1 Å². The molecule has 1 aromatic heterocycles. The normalized spacial score (nSPS) is 13.1. The van der Waals surface area contributed by atoms with Gasteiger partial charge in [0.1, 0.15) is 17.4 Å². The SMILES string of the molecule is COC(c1ccc(C(F)(F)F)cc1)c1cc2cc([N+](=O)[O-])ccc2o1. The molecule has 130 valence electrons. The Morgan fingerprint density at radius 1 is 1.12 bits per heavy atom. The average Bonchev–Trinajstić information content (AvgIpc) is 2.97. The number of fused-ring (bicyclic) bond motifs is 1. The number of nitrogens with zero attached hydrogens (tertiary/aromatic N) is 1. The highest BCUT2D eigenvalue weighted by atomic mass is 19.4. The molecule has 0 saturated carbocycles. The lowest BCUT2D eigenvalue weighted by Gasteiger charge is -2.14. The number of benzene rings is 2. The minimum absolute atomic E-state index is 0.0802. The lowest BCUT2D eigenvalue weighted by atomic mass is 10.0. The largest absolute Gasteiger partial charge is 0.458 e. The lowest BCUT2D eigenvalue weighted by molar-refractivity contribution is -0.384. The Bertz CT molecular complexity index is 916. The maximum absolute atomic E-state index is 12.7. The minimum atomic E-state index is -4.42. The molecule has 0 aliphatic heterocycles. The van der Waals surface area contributed by atoms with Crippen LogP contribution in [0.5, 0.6) is 0 Å². The summed E-state index contributed by atoms with van der Waals surface area (Å²) in [6.07, 6.45) is -5.15. The summed E-state index contributed by atoms with van der Waals surface area (Å²) in [5.41, 5.74) is 0.0632. The summed E-state index contributed by atoms with van der Waals surface area (Å²) in [7, 11) is 1.40. The van der Waals surface area contributed by atoms with Crippen molar-refractivity contribution in [3.05, 3.63) is 75.5 Å². The topological polar surface area (TPSA) is 65.5 Å².